The van der Waals surface area contributed by atoms with Crippen LogP contribution in [-0.4, -0.2) is 102 Å². The molecular weight excluding hydrogens is 873 g/mol. The zero-order valence-electron chi connectivity index (χ0n) is 24.2. The molecule has 0 amide bonds. The van der Waals surface area contributed by atoms with Gasteiger partial charge in [-0.3, -0.25) is 0 Å². The summed E-state index contributed by atoms with van der Waals surface area (Å²) in [5.74, 6) is -134. The molecule has 0 aliphatic heterocycles. The molecule has 0 saturated carbocycles. The Bertz CT molecular complexity index is 1400. The Hall–Kier alpha value is -2.96. The first-order chi connectivity index (χ1) is 22.8. The molecule has 0 heterocycles. The molecule has 0 atom stereocenters. The minimum atomic E-state index is -10.1. The second-order valence-corrected chi connectivity index (χ2v) is 10.3. The van der Waals surface area contributed by atoms with E-state index < -0.39 is 114 Å². The SMILES string of the molecule is C=C(C)C(=O)OCCC(F)(F)C(F)(F)C(F)(F)C(F)(F)C(F)(F)C(F)(F)C(F)(F)C(F)(F)C(F)(F)C(F)(F)C(F)(F)C(F)(F)C(F)(F)C(F)(F)C(F)(F)F. The van der Waals surface area contributed by atoms with Gasteiger partial charge < -0.3 is 4.74 Å². The summed E-state index contributed by atoms with van der Waals surface area (Å²) in [7, 11) is 0. The van der Waals surface area contributed by atoms with Crippen molar-refractivity contribution in [2.24, 2.45) is 0 Å². The minimum Gasteiger partial charge on any atom is -0.462 e. The van der Waals surface area contributed by atoms with Crippen molar-refractivity contribution in [1.82, 2.24) is 0 Å². The quantitative estimate of drug-likeness (QED) is 0.0827. The van der Waals surface area contributed by atoms with E-state index in [1.165, 1.54) is 0 Å². The highest BCUT2D eigenvalue weighted by Crippen LogP contribution is 2.69. The number of hydrogen-bond acceptors (Lipinski definition) is 2. The second-order valence-electron chi connectivity index (χ2n) is 10.3. The van der Waals surface area contributed by atoms with Crippen LogP contribution in [0, 0.1) is 0 Å². The van der Waals surface area contributed by atoms with Gasteiger partial charge in [-0.05, 0) is 6.92 Å². The average Bonchev–Trinajstić information content (AvgIpc) is 2.94. The third kappa shape index (κ3) is 6.30. The molecule has 0 bridgehead atoms. The highest BCUT2D eigenvalue weighted by molar-refractivity contribution is 5.86. The highest BCUT2D eigenvalue weighted by Gasteiger charge is 3.01. The summed E-state index contributed by atoms with van der Waals surface area (Å²) < 4.78 is 423. The van der Waals surface area contributed by atoms with E-state index in [0.29, 0.717) is 6.92 Å². The Morgan fingerprint density at radius 1 is 0.370 bits per heavy atom. The zero-order chi connectivity index (χ0) is 44.8. The summed E-state index contributed by atoms with van der Waals surface area (Å²) in [6, 6.07) is 0. The summed E-state index contributed by atoms with van der Waals surface area (Å²) in [5.41, 5.74) is -0.844. The normalized spacial score (nSPS) is 16.4. The van der Waals surface area contributed by atoms with Gasteiger partial charge in [0.15, 0.2) is 0 Å². The van der Waals surface area contributed by atoms with Crippen LogP contribution in [0.25, 0.3) is 0 Å². The van der Waals surface area contributed by atoms with E-state index in [1.807, 2.05) is 0 Å². The van der Waals surface area contributed by atoms with Crippen molar-refractivity contribution in [1.29, 1.82) is 0 Å². The van der Waals surface area contributed by atoms with Crippen LogP contribution >= 0.6 is 0 Å². The molecule has 0 spiro atoms. The molecule has 322 valence electrons. The minimum absolute atomic E-state index is 0.640. The number of rotatable bonds is 17. The number of esters is 1. The van der Waals surface area contributed by atoms with Gasteiger partial charge in [0.25, 0.3) is 0 Å². The predicted molar refractivity (Wildman–Crippen MR) is 106 cm³/mol. The number of carbonyl (C=O) groups excluding carboxylic acids is 1. The lowest BCUT2D eigenvalue weighted by molar-refractivity contribution is -0.489. The van der Waals surface area contributed by atoms with Crippen molar-refractivity contribution in [3.8, 4) is 0 Å². The van der Waals surface area contributed by atoms with Crippen LogP contribution in [0.1, 0.15) is 13.3 Å². The Balaban J connectivity index is 7.47. The smallest absolute Gasteiger partial charge is 0.460 e. The fraction of sp³-hybridized carbons (Fsp3) is 0.857. The molecule has 0 fully saturated rings. The van der Waals surface area contributed by atoms with Crippen molar-refractivity contribution in [3.05, 3.63) is 12.2 Å². The number of halogens is 31. The Labute approximate surface area is 274 Å². The molecule has 0 rings (SSSR count). The Kier molecular flexibility index (Phi) is 12.3. The third-order valence-corrected chi connectivity index (χ3v) is 6.55. The molecule has 0 aliphatic rings. The summed E-state index contributed by atoms with van der Waals surface area (Å²) in [5, 5.41) is 0. The van der Waals surface area contributed by atoms with Gasteiger partial charge in [0.1, 0.15) is 0 Å². The first-order valence-electron chi connectivity index (χ1n) is 12.0. The van der Waals surface area contributed by atoms with Crippen molar-refractivity contribution in [3.63, 3.8) is 0 Å². The van der Waals surface area contributed by atoms with Crippen molar-refractivity contribution in [2.45, 2.75) is 102 Å². The second kappa shape index (κ2) is 13.0. The molecule has 0 aliphatic carbocycles. The van der Waals surface area contributed by atoms with Crippen LogP contribution < -0.4 is 0 Å². The van der Waals surface area contributed by atoms with Gasteiger partial charge in [0.2, 0.25) is 0 Å². The summed E-state index contributed by atoms with van der Waals surface area (Å²) >= 11 is 0. The molecule has 0 aromatic rings. The molecule has 0 aromatic carbocycles. The van der Waals surface area contributed by atoms with Crippen molar-refractivity contribution < 1.29 is 146 Å². The zero-order valence-corrected chi connectivity index (χ0v) is 24.2. The summed E-state index contributed by atoms with van der Waals surface area (Å²) in [4.78, 5) is 11.0. The largest absolute Gasteiger partial charge is 0.462 e. The van der Waals surface area contributed by atoms with E-state index in [0.717, 1.165) is 0 Å². The van der Waals surface area contributed by atoms with Gasteiger partial charge in [-0.2, -0.15) is 136 Å². The first kappa shape index (κ1) is 51.0. The molecule has 0 saturated heterocycles. The maximum Gasteiger partial charge on any atom is 0.460 e. The average molecular weight is 882 g/mol. The standard InChI is InChI=1S/C21H9F31O2/c1-5(2)6(53)54-4-3-7(22,23)8(24,25)9(26,27)10(28,29)11(30,31)12(32,33)13(34,35)14(36,37)15(38,39)16(40,41)17(42,43)18(44,45)19(46,47)20(48,49)21(50,51)52/h1,3-4H2,2H3. The van der Waals surface area contributed by atoms with E-state index in [2.05, 4.69) is 11.3 Å². The van der Waals surface area contributed by atoms with Gasteiger partial charge in [-0.25, -0.2) is 4.79 Å². The monoisotopic (exact) mass is 882 g/mol. The van der Waals surface area contributed by atoms with Crippen molar-refractivity contribution >= 4 is 5.97 Å². The number of hydrogen-bond donors (Lipinski definition) is 0. The fourth-order valence-corrected chi connectivity index (χ4v) is 3.13. The lowest BCUT2D eigenvalue weighted by atomic mass is 9.83. The van der Waals surface area contributed by atoms with Gasteiger partial charge >= 0.3 is 95.1 Å². The van der Waals surface area contributed by atoms with Gasteiger partial charge in [-0.15, -0.1) is 0 Å². The number of carbonyl (C=O) groups is 1. The third-order valence-electron chi connectivity index (χ3n) is 6.55. The summed E-state index contributed by atoms with van der Waals surface area (Å²) in [6.45, 7) is 0.968. The van der Waals surface area contributed by atoms with E-state index in [4.69, 9.17) is 0 Å². The lowest BCUT2D eigenvalue weighted by Crippen LogP contribution is -2.79. The van der Waals surface area contributed by atoms with Crippen LogP contribution in [0.15, 0.2) is 12.2 Å². The molecule has 0 N–H and O–H groups in total. The van der Waals surface area contributed by atoms with E-state index >= 15 is 0 Å². The molecule has 0 unspecified atom stereocenters. The highest BCUT2D eigenvalue weighted by atomic mass is 19.4. The summed E-state index contributed by atoms with van der Waals surface area (Å²) in [6.07, 6.45) is -11.6. The van der Waals surface area contributed by atoms with E-state index in [1.54, 1.807) is 0 Å². The Morgan fingerprint density at radius 3 is 0.741 bits per heavy atom. The van der Waals surface area contributed by atoms with Crippen molar-refractivity contribution in [2.75, 3.05) is 6.61 Å². The topological polar surface area (TPSA) is 26.3 Å². The predicted octanol–water partition coefficient (Wildman–Crippen LogP) is 11.0. The molecule has 2 nitrogen and oxygen atoms in total. The molecule has 54 heavy (non-hydrogen) atoms. The maximum atomic E-state index is 13.9. The first-order valence-corrected chi connectivity index (χ1v) is 12.0. The number of ether oxygens (including phenoxy) is 1. The molecule has 0 radical (unpaired) electrons. The fourth-order valence-electron chi connectivity index (χ4n) is 3.13. The Morgan fingerprint density at radius 2 is 0.556 bits per heavy atom. The van der Waals surface area contributed by atoms with Crippen LogP contribution in [0.2, 0.25) is 0 Å². The molecule has 33 heteroatoms. The van der Waals surface area contributed by atoms with E-state index in [-0.39, 0.29) is 0 Å². The molecule has 0 aromatic heterocycles. The van der Waals surface area contributed by atoms with Gasteiger partial charge in [0.05, 0.1) is 13.0 Å². The van der Waals surface area contributed by atoms with E-state index in [9.17, 15) is 141 Å². The molecular formula is C21H9F31O2. The van der Waals surface area contributed by atoms with Crippen LogP contribution in [0.3, 0.4) is 0 Å². The van der Waals surface area contributed by atoms with Gasteiger partial charge in [0, 0.05) is 5.57 Å². The van der Waals surface area contributed by atoms with Gasteiger partial charge in [-0.1, -0.05) is 6.58 Å². The maximum absolute atomic E-state index is 13.9. The number of alkyl halides is 31. The van der Waals surface area contributed by atoms with Crippen LogP contribution in [0.4, 0.5) is 136 Å². The lowest BCUT2D eigenvalue weighted by Gasteiger charge is -2.46. The van der Waals surface area contributed by atoms with Crippen LogP contribution in [-0.2, 0) is 9.53 Å². The van der Waals surface area contributed by atoms with Crippen LogP contribution in [0.5, 0.6) is 0 Å².